The Morgan fingerprint density at radius 2 is 2.17 bits per heavy atom. The van der Waals surface area contributed by atoms with E-state index >= 15 is 0 Å². The van der Waals surface area contributed by atoms with E-state index in [4.69, 9.17) is 9.47 Å². The second kappa shape index (κ2) is 8.49. The maximum atomic E-state index is 12.7. The number of methoxy groups -OCH3 is 1. The van der Waals surface area contributed by atoms with Crippen molar-refractivity contribution in [1.29, 1.82) is 0 Å². The van der Waals surface area contributed by atoms with Crippen LogP contribution in [0.1, 0.15) is 31.2 Å². The molecule has 1 aliphatic carbocycles. The zero-order chi connectivity index (χ0) is 16.8. The molecule has 0 spiro atoms. The topological polar surface area (TPSA) is 50.8 Å². The molecule has 0 radical (unpaired) electrons. The Morgan fingerprint density at radius 3 is 2.88 bits per heavy atom. The fourth-order valence-corrected chi connectivity index (χ4v) is 3.14. The van der Waals surface area contributed by atoms with Crippen LogP contribution in [0.4, 0.5) is 0 Å². The molecule has 132 valence electrons. The third-order valence-electron chi connectivity index (χ3n) is 4.76. The van der Waals surface area contributed by atoms with E-state index in [1.165, 1.54) is 12.8 Å². The molecule has 1 saturated heterocycles. The molecule has 2 fully saturated rings. The van der Waals surface area contributed by atoms with E-state index in [0.717, 1.165) is 43.2 Å². The molecule has 1 aliphatic heterocycles. The van der Waals surface area contributed by atoms with Gasteiger partial charge in [-0.05, 0) is 44.2 Å². The van der Waals surface area contributed by atoms with E-state index in [2.05, 4.69) is 5.32 Å². The highest BCUT2D eigenvalue weighted by molar-refractivity contribution is 5.78. The average molecular weight is 332 g/mol. The molecule has 1 N–H and O–H groups in total. The molecule has 0 bridgehead atoms. The fraction of sp³-hybridized carbons (Fsp3) is 0.632. The first-order valence-electron chi connectivity index (χ1n) is 8.98. The van der Waals surface area contributed by atoms with Gasteiger partial charge in [0.1, 0.15) is 5.75 Å². The smallest absolute Gasteiger partial charge is 0.236 e. The predicted octanol–water partition coefficient (Wildman–Crippen LogP) is 2.20. The van der Waals surface area contributed by atoms with Crippen LogP contribution in [0.15, 0.2) is 24.3 Å². The Bertz CT molecular complexity index is 539. The van der Waals surface area contributed by atoms with Gasteiger partial charge >= 0.3 is 0 Å². The summed E-state index contributed by atoms with van der Waals surface area (Å²) in [6, 6.07) is 7.89. The molecule has 1 aromatic rings. The zero-order valence-electron chi connectivity index (χ0n) is 14.5. The minimum absolute atomic E-state index is 0.136. The van der Waals surface area contributed by atoms with Gasteiger partial charge in [0.05, 0.1) is 19.8 Å². The van der Waals surface area contributed by atoms with Crippen LogP contribution in [-0.2, 0) is 16.1 Å². The van der Waals surface area contributed by atoms with Crippen molar-refractivity contribution in [1.82, 2.24) is 10.2 Å². The number of hydrogen-bond acceptors (Lipinski definition) is 4. The van der Waals surface area contributed by atoms with Crippen molar-refractivity contribution in [2.75, 3.05) is 33.4 Å². The molecular formula is C19H28N2O3. The van der Waals surface area contributed by atoms with Gasteiger partial charge in [-0.3, -0.25) is 4.79 Å². The van der Waals surface area contributed by atoms with Gasteiger partial charge in [-0.25, -0.2) is 0 Å². The molecular weight excluding hydrogens is 304 g/mol. The number of benzene rings is 1. The first-order chi connectivity index (χ1) is 11.8. The predicted molar refractivity (Wildman–Crippen MR) is 93.0 cm³/mol. The number of nitrogens with one attached hydrogen (secondary N) is 1. The maximum Gasteiger partial charge on any atom is 0.236 e. The van der Waals surface area contributed by atoms with Gasteiger partial charge in [0.15, 0.2) is 0 Å². The summed E-state index contributed by atoms with van der Waals surface area (Å²) in [5, 5.41) is 3.30. The van der Waals surface area contributed by atoms with Crippen molar-refractivity contribution in [2.24, 2.45) is 5.92 Å². The minimum Gasteiger partial charge on any atom is -0.496 e. The second-order valence-corrected chi connectivity index (χ2v) is 6.80. The summed E-state index contributed by atoms with van der Waals surface area (Å²) in [6.07, 6.45) is 4.86. The molecule has 3 rings (SSSR count). The van der Waals surface area contributed by atoms with E-state index in [1.54, 1.807) is 7.11 Å². The number of ether oxygens (including phenoxy) is 2. The van der Waals surface area contributed by atoms with Gasteiger partial charge in [0, 0.05) is 25.3 Å². The standard InChI is InChI=1S/C19H28N2O3/c1-23-18-7-3-2-5-16(18)13-21(14-17-6-4-10-24-17)19(22)12-20-11-15-8-9-15/h2-3,5,7,15,17,20H,4,6,8-14H2,1H3. The van der Waals surface area contributed by atoms with Crippen molar-refractivity contribution in [2.45, 2.75) is 38.3 Å². The van der Waals surface area contributed by atoms with Crippen LogP contribution in [0.3, 0.4) is 0 Å². The Labute approximate surface area is 144 Å². The van der Waals surface area contributed by atoms with E-state index in [-0.39, 0.29) is 12.0 Å². The van der Waals surface area contributed by atoms with Crippen LogP contribution in [0.2, 0.25) is 0 Å². The number of amides is 1. The first-order valence-corrected chi connectivity index (χ1v) is 8.98. The zero-order valence-corrected chi connectivity index (χ0v) is 14.5. The SMILES string of the molecule is COc1ccccc1CN(CC1CCCO1)C(=O)CNCC1CC1. The summed E-state index contributed by atoms with van der Waals surface area (Å²) in [6.45, 7) is 3.38. The lowest BCUT2D eigenvalue weighted by molar-refractivity contribution is -0.132. The molecule has 1 amide bonds. The molecule has 2 aliphatic rings. The monoisotopic (exact) mass is 332 g/mol. The van der Waals surface area contributed by atoms with Crippen molar-refractivity contribution in [3.8, 4) is 5.75 Å². The highest BCUT2D eigenvalue weighted by Gasteiger charge is 2.25. The summed E-state index contributed by atoms with van der Waals surface area (Å²) >= 11 is 0. The van der Waals surface area contributed by atoms with Gasteiger partial charge in [-0.1, -0.05) is 18.2 Å². The van der Waals surface area contributed by atoms with Gasteiger partial charge in [0.2, 0.25) is 5.91 Å². The van der Waals surface area contributed by atoms with Gasteiger partial charge in [-0.2, -0.15) is 0 Å². The van der Waals surface area contributed by atoms with E-state index in [9.17, 15) is 4.79 Å². The highest BCUT2D eigenvalue weighted by atomic mass is 16.5. The molecule has 24 heavy (non-hydrogen) atoms. The van der Waals surface area contributed by atoms with Gasteiger partial charge in [-0.15, -0.1) is 0 Å². The Kier molecular flexibility index (Phi) is 6.10. The highest BCUT2D eigenvalue weighted by Crippen LogP contribution is 2.27. The fourth-order valence-electron chi connectivity index (χ4n) is 3.14. The number of rotatable bonds is 9. The van der Waals surface area contributed by atoms with E-state index in [1.807, 2.05) is 29.2 Å². The molecule has 1 saturated carbocycles. The molecule has 1 heterocycles. The van der Waals surface area contributed by atoms with E-state index < -0.39 is 0 Å². The lowest BCUT2D eigenvalue weighted by atomic mass is 10.1. The lowest BCUT2D eigenvalue weighted by Crippen LogP contribution is -2.42. The van der Waals surface area contributed by atoms with Crippen molar-refractivity contribution in [3.05, 3.63) is 29.8 Å². The molecule has 0 aromatic heterocycles. The summed E-state index contributed by atoms with van der Waals surface area (Å²) in [7, 11) is 1.67. The third-order valence-corrected chi connectivity index (χ3v) is 4.76. The number of para-hydroxylation sites is 1. The van der Waals surface area contributed by atoms with Gasteiger partial charge in [0.25, 0.3) is 0 Å². The minimum atomic E-state index is 0.136. The average Bonchev–Trinajstić information content (AvgIpc) is 3.28. The number of hydrogen-bond donors (Lipinski definition) is 1. The largest absolute Gasteiger partial charge is 0.496 e. The normalized spacial score (nSPS) is 20.1. The third kappa shape index (κ3) is 4.95. The van der Waals surface area contributed by atoms with Gasteiger partial charge < -0.3 is 19.7 Å². The van der Waals surface area contributed by atoms with Crippen LogP contribution in [-0.4, -0.2) is 50.3 Å². The number of carbonyl (C=O) groups excluding carboxylic acids is 1. The van der Waals surface area contributed by atoms with Crippen LogP contribution < -0.4 is 10.1 Å². The van der Waals surface area contributed by atoms with Crippen LogP contribution >= 0.6 is 0 Å². The summed E-state index contributed by atoms with van der Waals surface area (Å²) in [5.74, 6) is 1.74. The quantitative estimate of drug-likeness (QED) is 0.753. The van der Waals surface area contributed by atoms with E-state index in [0.29, 0.717) is 19.6 Å². The molecule has 1 unspecified atom stereocenters. The Balaban J connectivity index is 1.61. The lowest BCUT2D eigenvalue weighted by Gasteiger charge is -2.26. The molecule has 5 nitrogen and oxygen atoms in total. The molecule has 5 heteroatoms. The molecule has 1 aromatic carbocycles. The Hall–Kier alpha value is -1.59. The van der Waals surface area contributed by atoms with Crippen LogP contribution in [0.5, 0.6) is 5.75 Å². The maximum absolute atomic E-state index is 12.7. The summed E-state index contributed by atoms with van der Waals surface area (Å²) in [5.41, 5.74) is 1.04. The van der Waals surface area contributed by atoms with Crippen molar-refractivity contribution in [3.63, 3.8) is 0 Å². The first kappa shape index (κ1) is 17.2. The molecule has 1 atom stereocenters. The number of nitrogens with zero attached hydrogens (tertiary/aromatic N) is 1. The van der Waals surface area contributed by atoms with Crippen LogP contribution in [0.25, 0.3) is 0 Å². The Morgan fingerprint density at radius 1 is 1.33 bits per heavy atom. The van der Waals surface area contributed by atoms with Crippen molar-refractivity contribution < 1.29 is 14.3 Å². The number of carbonyl (C=O) groups is 1. The van der Waals surface area contributed by atoms with Crippen molar-refractivity contribution >= 4 is 5.91 Å². The summed E-state index contributed by atoms with van der Waals surface area (Å²) < 4.78 is 11.2. The van der Waals surface area contributed by atoms with Crippen LogP contribution in [0, 0.1) is 5.92 Å². The second-order valence-electron chi connectivity index (χ2n) is 6.80. The summed E-state index contributed by atoms with van der Waals surface area (Å²) in [4.78, 5) is 14.6.